The Morgan fingerprint density at radius 3 is 2.53 bits per heavy atom. The van der Waals surface area contributed by atoms with Gasteiger partial charge < -0.3 is 9.62 Å². The molecule has 0 aliphatic rings. The highest BCUT2D eigenvalue weighted by atomic mass is 19.4. The third-order valence-electron chi connectivity index (χ3n) is 5.04. The van der Waals surface area contributed by atoms with E-state index in [0.717, 1.165) is 11.0 Å². The number of benzene rings is 2. The van der Waals surface area contributed by atoms with Crippen LogP contribution in [0.4, 0.5) is 19.1 Å². The highest BCUT2D eigenvalue weighted by molar-refractivity contribution is 6.06. The topological polar surface area (TPSA) is 73.3 Å². The third kappa shape index (κ3) is 2.94. The number of hydrogen-bond acceptors (Lipinski definition) is 4. The average Bonchev–Trinajstić information content (AvgIpc) is 3.05. The SMILES string of the molecule is Cc1c(N(C)C(=O)c2nc3ccccc3[n+]([O-])c2C)oc2c(C(F)(F)F)cccc12. The van der Waals surface area contributed by atoms with Crippen molar-refractivity contribution in [3.8, 4) is 0 Å². The molecular weight excluding hydrogens is 399 g/mol. The van der Waals surface area contributed by atoms with Gasteiger partial charge in [-0.25, -0.2) is 4.98 Å². The summed E-state index contributed by atoms with van der Waals surface area (Å²) in [5, 5.41) is 12.8. The Bertz CT molecular complexity index is 1310. The van der Waals surface area contributed by atoms with Crippen molar-refractivity contribution >= 4 is 33.8 Å². The van der Waals surface area contributed by atoms with Gasteiger partial charge in [0.15, 0.2) is 5.69 Å². The summed E-state index contributed by atoms with van der Waals surface area (Å²) in [7, 11) is 1.37. The van der Waals surface area contributed by atoms with E-state index in [2.05, 4.69) is 4.98 Å². The zero-order valence-electron chi connectivity index (χ0n) is 16.2. The third-order valence-corrected chi connectivity index (χ3v) is 5.04. The lowest BCUT2D eigenvalue weighted by Crippen LogP contribution is -2.37. The van der Waals surface area contributed by atoms with Gasteiger partial charge in [-0.15, -0.1) is 0 Å². The van der Waals surface area contributed by atoms with E-state index in [1.807, 2.05) is 0 Å². The molecule has 4 aromatic rings. The lowest BCUT2D eigenvalue weighted by atomic mass is 10.1. The molecule has 2 aromatic carbocycles. The molecule has 2 heterocycles. The molecule has 9 heteroatoms. The predicted molar refractivity (Wildman–Crippen MR) is 104 cm³/mol. The number of furan rings is 1. The maximum Gasteiger partial charge on any atom is 0.420 e. The zero-order chi connectivity index (χ0) is 21.8. The van der Waals surface area contributed by atoms with E-state index < -0.39 is 17.6 Å². The van der Waals surface area contributed by atoms with Gasteiger partial charge in [0.1, 0.15) is 11.1 Å². The number of anilines is 1. The monoisotopic (exact) mass is 415 g/mol. The Labute approximate surface area is 168 Å². The van der Waals surface area contributed by atoms with Crippen molar-refractivity contribution in [3.05, 3.63) is 70.2 Å². The molecule has 0 saturated carbocycles. The van der Waals surface area contributed by atoms with Crippen molar-refractivity contribution < 1.29 is 27.1 Å². The van der Waals surface area contributed by atoms with Gasteiger partial charge >= 0.3 is 6.18 Å². The number of hydrogen-bond donors (Lipinski definition) is 0. The summed E-state index contributed by atoms with van der Waals surface area (Å²) < 4.78 is 46.1. The summed E-state index contributed by atoms with van der Waals surface area (Å²) in [6.45, 7) is 3.03. The second-order valence-corrected chi connectivity index (χ2v) is 6.91. The molecule has 154 valence electrons. The highest BCUT2D eigenvalue weighted by Gasteiger charge is 2.36. The Kier molecular flexibility index (Phi) is 4.41. The predicted octanol–water partition coefficient (Wildman–Crippen LogP) is 4.53. The Balaban J connectivity index is 1.84. The molecule has 6 nitrogen and oxygen atoms in total. The Hall–Kier alpha value is -3.62. The molecule has 0 bridgehead atoms. The van der Waals surface area contributed by atoms with Gasteiger partial charge in [-0.05, 0) is 19.1 Å². The first-order valence-corrected chi connectivity index (χ1v) is 8.97. The lowest BCUT2D eigenvalue weighted by molar-refractivity contribution is -0.584. The minimum absolute atomic E-state index is 0.0430. The fourth-order valence-electron chi connectivity index (χ4n) is 3.44. The number of aryl methyl sites for hydroxylation is 1. The summed E-state index contributed by atoms with van der Waals surface area (Å²) in [5.74, 6) is -0.711. The summed E-state index contributed by atoms with van der Waals surface area (Å²) in [6, 6.07) is 10.3. The van der Waals surface area contributed by atoms with Crippen LogP contribution in [0, 0.1) is 19.1 Å². The van der Waals surface area contributed by atoms with Crippen LogP contribution in [0.3, 0.4) is 0 Å². The average molecular weight is 415 g/mol. The number of amides is 1. The van der Waals surface area contributed by atoms with Crippen molar-refractivity contribution in [2.75, 3.05) is 11.9 Å². The normalized spacial score (nSPS) is 11.9. The summed E-state index contributed by atoms with van der Waals surface area (Å²) in [6.07, 6.45) is -4.60. The van der Waals surface area contributed by atoms with Crippen LogP contribution < -0.4 is 9.63 Å². The smallest absolute Gasteiger partial charge is 0.420 e. The molecule has 0 spiro atoms. The first kappa shape index (κ1) is 19.7. The van der Waals surface area contributed by atoms with E-state index >= 15 is 0 Å². The fourth-order valence-corrected chi connectivity index (χ4v) is 3.44. The second kappa shape index (κ2) is 6.72. The van der Waals surface area contributed by atoms with Crippen LogP contribution in [0.1, 0.15) is 27.3 Å². The van der Waals surface area contributed by atoms with E-state index in [-0.39, 0.29) is 28.2 Å². The molecule has 0 saturated heterocycles. The van der Waals surface area contributed by atoms with Crippen LogP contribution in [-0.2, 0) is 6.18 Å². The molecule has 1 amide bonds. The molecule has 0 N–H and O–H groups in total. The molecule has 0 unspecified atom stereocenters. The number of fused-ring (bicyclic) bond motifs is 2. The number of alkyl halides is 3. The van der Waals surface area contributed by atoms with Crippen molar-refractivity contribution in [2.45, 2.75) is 20.0 Å². The maximum absolute atomic E-state index is 13.3. The van der Waals surface area contributed by atoms with Crippen LogP contribution in [0.5, 0.6) is 0 Å². The first-order valence-electron chi connectivity index (χ1n) is 8.97. The molecule has 0 radical (unpaired) electrons. The van der Waals surface area contributed by atoms with E-state index in [1.165, 1.54) is 26.1 Å². The van der Waals surface area contributed by atoms with Gasteiger partial charge in [-0.2, -0.15) is 17.9 Å². The van der Waals surface area contributed by atoms with Crippen molar-refractivity contribution in [2.24, 2.45) is 0 Å². The minimum Gasteiger partial charge on any atom is -0.618 e. The molecule has 2 aromatic heterocycles. The molecule has 0 aliphatic heterocycles. The molecule has 0 atom stereocenters. The minimum atomic E-state index is -4.60. The van der Waals surface area contributed by atoms with Crippen LogP contribution >= 0.6 is 0 Å². The zero-order valence-corrected chi connectivity index (χ0v) is 16.2. The molecule has 0 aliphatic carbocycles. The van der Waals surface area contributed by atoms with Crippen molar-refractivity contribution in [1.29, 1.82) is 0 Å². The van der Waals surface area contributed by atoms with Crippen molar-refractivity contribution in [3.63, 3.8) is 0 Å². The summed E-state index contributed by atoms with van der Waals surface area (Å²) in [4.78, 5) is 18.5. The Morgan fingerprint density at radius 2 is 1.83 bits per heavy atom. The van der Waals surface area contributed by atoms with Crippen LogP contribution in [-0.4, -0.2) is 17.9 Å². The van der Waals surface area contributed by atoms with E-state index in [9.17, 15) is 23.2 Å². The van der Waals surface area contributed by atoms with Crippen LogP contribution in [0.2, 0.25) is 0 Å². The van der Waals surface area contributed by atoms with Gasteiger partial charge in [-0.1, -0.05) is 24.3 Å². The van der Waals surface area contributed by atoms with Crippen LogP contribution in [0.25, 0.3) is 22.0 Å². The number of carbonyl (C=O) groups is 1. The number of halogens is 3. The number of para-hydroxylation sites is 3. The lowest BCUT2D eigenvalue weighted by Gasteiger charge is -2.16. The summed E-state index contributed by atoms with van der Waals surface area (Å²) >= 11 is 0. The van der Waals surface area contributed by atoms with E-state index in [1.54, 1.807) is 31.2 Å². The molecule has 0 fully saturated rings. The van der Waals surface area contributed by atoms with Gasteiger partial charge in [0, 0.05) is 31.0 Å². The molecular formula is C21H16F3N3O3. The fraction of sp³-hybridized carbons (Fsp3) is 0.190. The van der Waals surface area contributed by atoms with E-state index in [4.69, 9.17) is 4.42 Å². The van der Waals surface area contributed by atoms with E-state index in [0.29, 0.717) is 21.3 Å². The van der Waals surface area contributed by atoms with Crippen molar-refractivity contribution in [1.82, 2.24) is 4.98 Å². The highest BCUT2D eigenvalue weighted by Crippen LogP contribution is 2.40. The first-order chi connectivity index (χ1) is 14.1. The van der Waals surface area contributed by atoms with Gasteiger partial charge in [-0.3, -0.25) is 9.69 Å². The molecule has 30 heavy (non-hydrogen) atoms. The van der Waals surface area contributed by atoms with Gasteiger partial charge in [0.2, 0.25) is 17.1 Å². The summed E-state index contributed by atoms with van der Waals surface area (Å²) in [5.41, 5.74) is -0.288. The van der Waals surface area contributed by atoms with Crippen LogP contribution in [0.15, 0.2) is 46.9 Å². The Morgan fingerprint density at radius 1 is 1.13 bits per heavy atom. The quantitative estimate of drug-likeness (QED) is 0.356. The number of rotatable bonds is 2. The number of carbonyl (C=O) groups excluding carboxylic acids is 1. The largest absolute Gasteiger partial charge is 0.618 e. The van der Waals surface area contributed by atoms with Gasteiger partial charge in [0.05, 0.1) is 5.56 Å². The standard InChI is InChI=1S/C21H16F3N3O3/c1-11-13-7-6-8-14(21(22,23)24)18(13)30-20(11)26(3)19(28)17-12(2)27(29)16-10-5-4-9-15(16)25-17/h4-10H,1-3H3. The maximum atomic E-state index is 13.3. The number of nitrogens with zero attached hydrogens (tertiary/aromatic N) is 3. The number of aromatic nitrogens is 2. The molecule has 4 rings (SSSR count). The van der Waals surface area contributed by atoms with Gasteiger partial charge in [0.25, 0.3) is 5.91 Å². The second-order valence-electron chi connectivity index (χ2n) is 6.91.